The van der Waals surface area contributed by atoms with Crippen molar-refractivity contribution < 1.29 is 4.79 Å². The van der Waals surface area contributed by atoms with Gasteiger partial charge < -0.3 is 0 Å². The van der Waals surface area contributed by atoms with Crippen LogP contribution in [0.25, 0.3) is 0 Å². The Kier molecular flexibility index (Phi) is 3.73. The van der Waals surface area contributed by atoms with Crippen molar-refractivity contribution in [3.05, 3.63) is 0 Å². The fourth-order valence-electron chi connectivity index (χ4n) is 4.34. The van der Waals surface area contributed by atoms with Crippen LogP contribution in [0.4, 0.5) is 0 Å². The van der Waals surface area contributed by atoms with Gasteiger partial charge in [-0.15, -0.1) is 11.5 Å². The minimum Gasteiger partial charge on any atom is -0.299 e. The lowest BCUT2D eigenvalue weighted by Gasteiger charge is -2.41. The fourth-order valence-corrected chi connectivity index (χ4v) is 4.99. The molecule has 2 aliphatic carbocycles. The second-order valence-corrected chi connectivity index (χ2v) is 12.9. The molecule has 2 atom stereocenters. The number of carbonyl (C=O) groups excluding carboxylic acids is 1. The first-order valence-corrected chi connectivity index (χ1v) is 11.2. The van der Waals surface area contributed by atoms with Crippen molar-refractivity contribution in [2.24, 2.45) is 16.7 Å². The average molecular weight is 276 g/mol. The van der Waals surface area contributed by atoms with Crippen molar-refractivity contribution >= 4 is 13.9 Å². The van der Waals surface area contributed by atoms with Crippen LogP contribution in [0.1, 0.15) is 52.4 Å². The number of hydrogen-bond acceptors (Lipinski definition) is 1. The molecule has 0 spiro atoms. The molecule has 0 bridgehead atoms. The lowest BCUT2D eigenvalue weighted by molar-refractivity contribution is -0.121. The van der Waals surface area contributed by atoms with Gasteiger partial charge in [0.1, 0.15) is 13.9 Å². The van der Waals surface area contributed by atoms with Crippen molar-refractivity contribution in [1.29, 1.82) is 0 Å². The maximum absolute atomic E-state index is 12.2. The van der Waals surface area contributed by atoms with Crippen LogP contribution in [0, 0.1) is 28.2 Å². The van der Waals surface area contributed by atoms with Crippen molar-refractivity contribution in [2.45, 2.75) is 72.0 Å². The van der Waals surface area contributed by atoms with Gasteiger partial charge in [0.25, 0.3) is 0 Å². The Morgan fingerprint density at radius 1 is 1.32 bits per heavy atom. The molecule has 0 aromatic carbocycles. The van der Waals surface area contributed by atoms with Gasteiger partial charge in [0.05, 0.1) is 0 Å². The topological polar surface area (TPSA) is 17.1 Å². The zero-order chi connectivity index (χ0) is 14.3. The molecule has 2 saturated carbocycles. The van der Waals surface area contributed by atoms with E-state index >= 15 is 0 Å². The minimum absolute atomic E-state index is 0.187. The first-order valence-electron chi connectivity index (χ1n) is 7.71. The summed E-state index contributed by atoms with van der Waals surface area (Å²) in [5.74, 6) is 4.28. The largest absolute Gasteiger partial charge is 0.299 e. The third-order valence-corrected chi connectivity index (χ3v) is 6.22. The molecule has 0 aliphatic heterocycles. The highest BCUT2D eigenvalue weighted by Gasteiger charge is 2.60. The molecule has 0 aromatic rings. The van der Waals surface area contributed by atoms with E-state index in [1.54, 1.807) is 0 Å². The van der Waals surface area contributed by atoms with Crippen LogP contribution in [0.2, 0.25) is 19.6 Å². The van der Waals surface area contributed by atoms with E-state index < -0.39 is 8.07 Å². The van der Waals surface area contributed by atoms with Gasteiger partial charge in [0, 0.05) is 18.8 Å². The van der Waals surface area contributed by atoms with E-state index in [0.29, 0.717) is 11.7 Å². The van der Waals surface area contributed by atoms with E-state index in [0.717, 1.165) is 25.7 Å². The van der Waals surface area contributed by atoms with E-state index in [9.17, 15) is 4.79 Å². The second kappa shape index (κ2) is 4.77. The first-order chi connectivity index (χ1) is 8.68. The molecule has 0 N–H and O–H groups in total. The van der Waals surface area contributed by atoms with Gasteiger partial charge in [-0.25, -0.2) is 0 Å². The summed E-state index contributed by atoms with van der Waals surface area (Å²) in [6.45, 7) is 11.5. The molecule has 2 fully saturated rings. The predicted molar refractivity (Wildman–Crippen MR) is 83.5 cm³/mol. The van der Waals surface area contributed by atoms with Crippen LogP contribution in [-0.2, 0) is 4.79 Å². The normalized spacial score (nSPS) is 32.9. The van der Waals surface area contributed by atoms with E-state index in [-0.39, 0.29) is 10.8 Å². The van der Waals surface area contributed by atoms with E-state index in [1.165, 1.54) is 12.8 Å². The van der Waals surface area contributed by atoms with E-state index in [1.807, 2.05) is 0 Å². The maximum atomic E-state index is 12.2. The molecule has 2 heteroatoms. The molecule has 0 unspecified atom stereocenters. The van der Waals surface area contributed by atoms with Crippen molar-refractivity contribution in [2.75, 3.05) is 0 Å². The van der Waals surface area contributed by atoms with Gasteiger partial charge in [-0.1, -0.05) is 39.9 Å². The minimum atomic E-state index is -1.25. The Bertz CT molecular complexity index is 432. The number of Topliss-reactive ketones (excluding diaryl/α,β-unsaturated/α-hetero) is 1. The lowest BCUT2D eigenvalue weighted by Crippen LogP contribution is -2.34. The number of fused-ring (bicyclic) bond motifs is 1. The predicted octanol–water partition coefficient (Wildman–Crippen LogP) is 4.43. The lowest BCUT2D eigenvalue weighted by atomic mass is 9.63. The van der Waals surface area contributed by atoms with Gasteiger partial charge in [-0.05, 0) is 30.1 Å². The first kappa shape index (κ1) is 14.8. The van der Waals surface area contributed by atoms with Crippen LogP contribution < -0.4 is 0 Å². The van der Waals surface area contributed by atoms with Crippen molar-refractivity contribution in [3.8, 4) is 11.5 Å². The number of hydrogen-bond donors (Lipinski definition) is 0. The van der Waals surface area contributed by atoms with Gasteiger partial charge in [0.15, 0.2) is 0 Å². The average Bonchev–Trinajstić information content (AvgIpc) is 2.74. The number of ketones is 1. The maximum Gasteiger partial charge on any atom is 0.137 e. The summed E-state index contributed by atoms with van der Waals surface area (Å²) in [5, 5.41) is 0. The molecule has 106 valence electrons. The monoisotopic (exact) mass is 276 g/mol. The van der Waals surface area contributed by atoms with E-state index in [2.05, 4.69) is 45.0 Å². The molecule has 19 heavy (non-hydrogen) atoms. The number of carbonyl (C=O) groups is 1. The smallest absolute Gasteiger partial charge is 0.137 e. The molecule has 0 aromatic heterocycles. The Balaban J connectivity index is 2.12. The Morgan fingerprint density at radius 3 is 2.63 bits per heavy atom. The van der Waals surface area contributed by atoms with Crippen molar-refractivity contribution in [3.63, 3.8) is 0 Å². The molecular formula is C17H28OSi. The fraction of sp³-hybridized carbons (Fsp3) is 0.824. The Labute approximate surface area is 119 Å². The van der Waals surface area contributed by atoms with Crippen LogP contribution in [0.3, 0.4) is 0 Å². The Morgan fingerprint density at radius 2 is 2.00 bits per heavy atom. The Hall–Kier alpha value is -0.553. The van der Waals surface area contributed by atoms with Gasteiger partial charge >= 0.3 is 0 Å². The highest BCUT2D eigenvalue weighted by molar-refractivity contribution is 6.83. The summed E-state index contributed by atoms with van der Waals surface area (Å²) < 4.78 is 0. The molecule has 1 nitrogen and oxygen atoms in total. The molecular weight excluding hydrogens is 248 g/mol. The second-order valence-electron chi connectivity index (χ2n) is 8.18. The van der Waals surface area contributed by atoms with Gasteiger partial charge in [-0.2, -0.15) is 0 Å². The van der Waals surface area contributed by atoms with Crippen LogP contribution in [0.15, 0.2) is 0 Å². The van der Waals surface area contributed by atoms with Gasteiger partial charge in [0.2, 0.25) is 0 Å². The van der Waals surface area contributed by atoms with Crippen LogP contribution in [-0.4, -0.2) is 13.9 Å². The number of rotatable bonds is 2. The molecule has 0 saturated heterocycles. The third-order valence-electron chi connectivity index (χ3n) is 5.29. The molecule has 0 amide bonds. The van der Waals surface area contributed by atoms with E-state index in [4.69, 9.17) is 0 Å². The zero-order valence-electron chi connectivity index (χ0n) is 13.2. The standard InChI is InChI=1S/C17H28OSi/c1-16(2)13-15(18)14-9-8-11-17(14,16)10-6-7-12-19(3,4)5/h14H,6,8-11,13H2,1-5H3/t14-,17-/m0/s1. The summed E-state index contributed by atoms with van der Waals surface area (Å²) in [7, 11) is -1.25. The third kappa shape index (κ3) is 2.68. The zero-order valence-corrected chi connectivity index (χ0v) is 14.2. The highest BCUT2D eigenvalue weighted by atomic mass is 28.3. The summed E-state index contributed by atoms with van der Waals surface area (Å²) >= 11 is 0. The molecule has 2 aliphatic rings. The summed E-state index contributed by atoms with van der Waals surface area (Å²) in [5.41, 5.74) is 3.91. The summed E-state index contributed by atoms with van der Waals surface area (Å²) in [6.07, 6.45) is 6.51. The quantitative estimate of drug-likeness (QED) is 0.538. The summed E-state index contributed by atoms with van der Waals surface area (Å²) in [6, 6.07) is 0. The van der Waals surface area contributed by atoms with Crippen molar-refractivity contribution in [1.82, 2.24) is 0 Å². The highest BCUT2D eigenvalue weighted by Crippen LogP contribution is 2.64. The SMILES string of the molecule is CC1(C)CC(=O)[C@@H]2CCC[C@@]21CCC#C[Si](C)(C)C. The molecule has 0 radical (unpaired) electrons. The molecule has 2 rings (SSSR count). The van der Waals surface area contributed by atoms with Gasteiger partial charge in [-0.3, -0.25) is 4.79 Å². The molecule has 0 heterocycles. The van der Waals surface area contributed by atoms with Crippen LogP contribution >= 0.6 is 0 Å². The summed E-state index contributed by atoms with van der Waals surface area (Å²) in [4.78, 5) is 12.2. The van der Waals surface area contributed by atoms with Crippen LogP contribution in [0.5, 0.6) is 0 Å².